The van der Waals surface area contributed by atoms with Crippen LogP contribution in [0.15, 0.2) is 35.1 Å². The number of carboxylic acid groups (broad SMARTS) is 1. The summed E-state index contributed by atoms with van der Waals surface area (Å²) in [7, 11) is 0. The van der Waals surface area contributed by atoms with Crippen molar-refractivity contribution in [2.45, 2.75) is 12.8 Å². The minimum Gasteiger partial charge on any atom is -0.478 e. The molecule has 15 heavy (non-hydrogen) atoms. The van der Waals surface area contributed by atoms with Crippen LogP contribution in [-0.4, -0.2) is 16.9 Å². The van der Waals surface area contributed by atoms with Crippen molar-refractivity contribution in [3.63, 3.8) is 0 Å². The van der Waals surface area contributed by atoms with Crippen molar-refractivity contribution in [2.24, 2.45) is 11.7 Å². The van der Waals surface area contributed by atoms with Gasteiger partial charge in [-0.25, -0.2) is 4.79 Å². The van der Waals surface area contributed by atoms with Gasteiger partial charge in [0.05, 0.1) is 5.57 Å². The smallest absolute Gasteiger partial charge is 0.333 e. The van der Waals surface area contributed by atoms with Gasteiger partial charge in [0.25, 0.3) is 0 Å². The van der Waals surface area contributed by atoms with Crippen LogP contribution in [-0.2, 0) is 9.59 Å². The van der Waals surface area contributed by atoms with E-state index < -0.39 is 5.97 Å². The molecule has 0 radical (unpaired) electrons. The third-order valence-corrected chi connectivity index (χ3v) is 2.78. The summed E-state index contributed by atoms with van der Waals surface area (Å²) in [6.45, 7) is 0. The highest BCUT2D eigenvalue weighted by molar-refractivity contribution is 5.98. The molecule has 0 spiro atoms. The first kappa shape index (κ1) is 9.71. The van der Waals surface area contributed by atoms with Gasteiger partial charge in [-0.1, -0.05) is 11.6 Å². The predicted octanol–water partition coefficient (Wildman–Crippen LogP) is 0.759. The lowest BCUT2D eigenvalue weighted by Gasteiger charge is -2.25. The van der Waals surface area contributed by atoms with Crippen LogP contribution in [0.25, 0.3) is 0 Å². The molecule has 2 rings (SSSR count). The Morgan fingerprint density at radius 2 is 2.27 bits per heavy atom. The molecule has 0 aromatic rings. The minimum absolute atomic E-state index is 0.0289. The van der Waals surface area contributed by atoms with E-state index in [-0.39, 0.29) is 29.4 Å². The average molecular weight is 205 g/mol. The maximum atomic E-state index is 11.5. The van der Waals surface area contributed by atoms with Gasteiger partial charge in [-0.05, 0) is 25.0 Å². The SMILES string of the molecule is NC1=C(C(=O)O)CC2C(=O)C=CCC2=C1. The molecule has 0 bridgehead atoms. The number of allylic oxidation sites excluding steroid dienone is 4. The fourth-order valence-corrected chi connectivity index (χ4v) is 1.96. The van der Waals surface area contributed by atoms with Gasteiger partial charge in [-0.3, -0.25) is 4.79 Å². The van der Waals surface area contributed by atoms with Gasteiger partial charge < -0.3 is 10.8 Å². The van der Waals surface area contributed by atoms with Crippen LogP contribution < -0.4 is 5.73 Å². The molecule has 3 N–H and O–H groups in total. The molecule has 0 aliphatic heterocycles. The Hall–Kier alpha value is -1.84. The Morgan fingerprint density at radius 1 is 1.53 bits per heavy atom. The average Bonchev–Trinajstić information content (AvgIpc) is 2.16. The number of hydrogen-bond donors (Lipinski definition) is 2. The second kappa shape index (κ2) is 3.38. The fourth-order valence-electron chi connectivity index (χ4n) is 1.96. The lowest BCUT2D eigenvalue weighted by molar-refractivity contribution is -0.133. The number of aliphatic carboxylic acids is 1. The maximum absolute atomic E-state index is 11.5. The number of hydrogen-bond acceptors (Lipinski definition) is 3. The molecule has 4 heteroatoms. The standard InChI is InChI=1S/C11H11NO3/c12-9-4-6-2-1-3-10(13)7(6)5-8(9)11(14)15/h1,3-4,7H,2,5,12H2,(H,14,15). The first-order valence-electron chi connectivity index (χ1n) is 4.72. The van der Waals surface area contributed by atoms with Crippen LogP contribution in [0.4, 0.5) is 0 Å². The van der Waals surface area contributed by atoms with E-state index in [9.17, 15) is 9.59 Å². The summed E-state index contributed by atoms with van der Waals surface area (Å²) in [6, 6.07) is 0. The van der Waals surface area contributed by atoms with Gasteiger partial charge >= 0.3 is 5.97 Å². The number of fused-ring (bicyclic) bond motifs is 1. The number of carbonyl (C=O) groups excluding carboxylic acids is 1. The molecular weight excluding hydrogens is 194 g/mol. The molecule has 4 nitrogen and oxygen atoms in total. The topological polar surface area (TPSA) is 80.4 Å². The summed E-state index contributed by atoms with van der Waals surface area (Å²) < 4.78 is 0. The zero-order chi connectivity index (χ0) is 11.0. The Kier molecular flexibility index (Phi) is 2.19. The predicted molar refractivity (Wildman–Crippen MR) is 53.8 cm³/mol. The highest BCUT2D eigenvalue weighted by Crippen LogP contribution is 2.33. The molecule has 2 aliphatic carbocycles. The molecular formula is C11H11NO3. The van der Waals surface area contributed by atoms with Crippen LogP contribution in [0.1, 0.15) is 12.8 Å². The van der Waals surface area contributed by atoms with Crippen molar-refractivity contribution in [1.29, 1.82) is 0 Å². The summed E-state index contributed by atoms with van der Waals surface area (Å²) in [6.07, 6.45) is 5.83. The van der Waals surface area contributed by atoms with Gasteiger partial charge in [0.15, 0.2) is 5.78 Å². The van der Waals surface area contributed by atoms with Crippen LogP contribution in [0, 0.1) is 5.92 Å². The number of carbonyl (C=O) groups is 2. The summed E-state index contributed by atoms with van der Waals surface area (Å²) >= 11 is 0. The monoisotopic (exact) mass is 205 g/mol. The van der Waals surface area contributed by atoms with Crippen molar-refractivity contribution in [3.8, 4) is 0 Å². The third-order valence-electron chi connectivity index (χ3n) is 2.78. The van der Waals surface area contributed by atoms with E-state index in [0.717, 1.165) is 5.57 Å². The first-order chi connectivity index (χ1) is 7.09. The van der Waals surface area contributed by atoms with E-state index in [0.29, 0.717) is 6.42 Å². The zero-order valence-corrected chi connectivity index (χ0v) is 8.06. The Balaban J connectivity index is 2.40. The Bertz CT molecular complexity index is 429. The van der Waals surface area contributed by atoms with Gasteiger partial charge in [-0.2, -0.15) is 0 Å². The van der Waals surface area contributed by atoms with Crippen LogP contribution in [0.2, 0.25) is 0 Å². The molecule has 0 aromatic carbocycles. The minimum atomic E-state index is -1.04. The number of carboxylic acids is 1. The summed E-state index contributed by atoms with van der Waals surface area (Å²) in [5, 5.41) is 8.89. The molecule has 0 saturated carbocycles. The highest BCUT2D eigenvalue weighted by atomic mass is 16.4. The molecule has 1 atom stereocenters. The molecule has 0 fully saturated rings. The molecule has 78 valence electrons. The van der Waals surface area contributed by atoms with Crippen molar-refractivity contribution in [1.82, 2.24) is 0 Å². The molecule has 0 heterocycles. The normalized spacial score (nSPS) is 24.9. The van der Waals surface area contributed by atoms with Gasteiger partial charge in [0.2, 0.25) is 0 Å². The van der Waals surface area contributed by atoms with E-state index in [4.69, 9.17) is 10.8 Å². The highest BCUT2D eigenvalue weighted by Gasteiger charge is 2.30. The lowest BCUT2D eigenvalue weighted by atomic mass is 9.79. The summed E-state index contributed by atoms with van der Waals surface area (Å²) in [5.41, 5.74) is 6.96. The third kappa shape index (κ3) is 1.58. The Labute approximate surface area is 86.8 Å². The summed E-state index contributed by atoms with van der Waals surface area (Å²) in [4.78, 5) is 22.4. The molecule has 0 amide bonds. The zero-order valence-electron chi connectivity index (χ0n) is 8.06. The van der Waals surface area contributed by atoms with E-state index in [2.05, 4.69) is 0 Å². The summed E-state index contributed by atoms with van der Waals surface area (Å²) in [5.74, 6) is -1.38. The van der Waals surface area contributed by atoms with Crippen LogP contribution >= 0.6 is 0 Å². The van der Waals surface area contributed by atoms with Gasteiger partial charge in [0.1, 0.15) is 0 Å². The van der Waals surface area contributed by atoms with E-state index >= 15 is 0 Å². The molecule has 0 saturated heterocycles. The second-order valence-corrected chi connectivity index (χ2v) is 3.72. The number of rotatable bonds is 1. The number of nitrogens with two attached hydrogens (primary N) is 1. The number of ketones is 1. The van der Waals surface area contributed by atoms with Crippen molar-refractivity contribution >= 4 is 11.8 Å². The van der Waals surface area contributed by atoms with Crippen molar-refractivity contribution < 1.29 is 14.7 Å². The Morgan fingerprint density at radius 3 is 2.93 bits per heavy atom. The lowest BCUT2D eigenvalue weighted by Crippen LogP contribution is -2.26. The van der Waals surface area contributed by atoms with Crippen LogP contribution in [0.3, 0.4) is 0 Å². The van der Waals surface area contributed by atoms with Crippen molar-refractivity contribution in [3.05, 3.63) is 35.1 Å². The van der Waals surface area contributed by atoms with Crippen LogP contribution in [0.5, 0.6) is 0 Å². The first-order valence-corrected chi connectivity index (χ1v) is 4.72. The van der Waals surface area contributed by atoms with E-state index in [1.165, 1.54) is 6.08 Å². The molecule has 0 aromatic heterocycles. The van der Waals surface area contributed by atoms with Crippen molar-refractivity contribution in [2.75, 3.05) is 0 Å². The second-order valence-electron chi connectivity index (χ2n) is 3.72. The van der Waals surface area contributed by atoms with E-state index in [1.54, 1.807) is 12.2 Å². The molecule has 1 unspecified atom stereocenters. The maximum Gasteiger partial charge on any atom is 0.333 e. The molecule has 2 aliphatic rings. The van der Waals surface area contributed by atoms with Gasteiger partial charge in [0, 0.05) is 11.6 Å². The largest absolute Gasteiger partial charge is 0.478 e. The quantitative estimate of drug-likeness (QED) is 0.662. The van der Waals surface area contributed by atoms with Gasteiger partial charge in [-0.15, -0.1) is 0 Å². The fraction of sp³-hybridized carbons (Fsp3) is 0.273. The van der Waals surface area contributed by atoms with E-state index in [1.807, 2.05) is 0 Å².